The molecule has 0 radical (unpaired) electrons. The molecule has 1 fully saturated rings. The lowest BCUT2D eigenvalue weighted by Crippen LogP contribution is -2.35. The molecule has 4 rings (SSSR count). The molecule has 0 spiro atoms. The van der Waals surface area contributed by atoms with Crippen LogP contribution in [0.3, 0.4) is 0 Å². The smallest absolute Gasteiger partial charge is 0.169 e. The number of aliphatic hydroxyl groups is 1. The van der Waals surface area contributed by atoms with Crippen molar-refractivity contribution in [2.75, 3.05) is 30.1 Å². The minimum Gasteiger partial charge on any atom is -0.496 e. The van der Waals surface area contributed by atoms with Gasteiger partial charge in [-0.05, 0) is 42.8 Å². The second-order valence-electron chi connectivity index (χ2n) is 7.52. The number of aliphatic hydroxyl groups excluding tert-OH is 1. The van der Waals surface area contributed by atoms with Gasteiger partial charge in [-0.1, -0.05) is 0 Å². The van der Waals surface area contributed by atoms with E-state index in [0.29, 0.717) is 24.3 Å². The number of ether oxygens (including phenoxy) is 1. The molecule has 0 aromatic heterocycles. The minimum atomic E-state index is -1.09. The number of halogens is 3. The van der Waals surface area contributed by atoms with E-state index in [1.165, 1.54) is 31.5 Å². The Hall–Kier alpha value is -3.04. The van der Waals surface area contributed by atoms with Gasteiger partial charge in [-0.2, -0.15) is 0 Å². The van der Waals surface area contributed by atoms with E-state index in [9.17, 15) is 18.3 Å². The number of nitrogens with two attached hydrogens (primary N) is 1. The highest BCUT2D eigenvalue weighted by Gasteiger charge is 2.34. The lowest BCUT2D eigenvalue weighted by atomic mass is 10.1. The molecule has 2 aromatic rings. The van der Waals surface area contributed by atoms with Gasteiger partial charge in [0.1, 0.15) is 11.6 Å². The van der Waals surface area contributed by atoms with Gasteiger partial charge in [0, 0.05) is 25.0 Å². The summed E-state index contributed by atoms with van der Waals surface area (Å²) in [5.41, 5.74) is 6.99. The first-order valence-corrected chi connectivity index (χ1v) is 9.87. The van der Waals surface area contributed by atoms with Crippen LogP contribution in [0, 0.1) is 17.5 Å². The van der Waals surface area contributed by atoms with E-state index in [1.807, 2.05) is 4.90 Å². The molecule has 2 aliphatic heterocycles. The fourth-order valence-electron chi connectivity index (χ4n) is 4.18. The molecular weight excluding hydrogens is 409 g/mol. The summed E-state index contributed by atoms with van der Waals surface area (Å²) in [6, 6.07) is 6.12. The molecule has 0 amide bonds. The third-order valence-corrected chi connectivity index (χ3v) is 5.58. The highest BCUT2D eigenvalue weighted by Crippen LogP contribution is 2.42. The molecule has 1 unspecified atom stereocenters. The Morgan fingerprint density at radius 1 is 1.19 bits per heavy atom. The van der Waals surface area contributed by atoms with Gasteiger partial charge in [0.15, 0.2) is 17.8 Å². The van der Waals surface area contributed by atoms with Gasteiger partial charge in [0.25, 0.3) is 0 Å². The van der Waals surface area contributed by atoms with Crippen molar-refractivity contribution in [1.82, 2.24) is 0 Å². The van der Waals surface area contributed by atoms with Crippen molar-refractivity contribution >= 4 is 17.6 Å². The third kappa shape index (κ3) is 3.86. The summed E-state index contributed by atoms with van der Waals surface area (Å²) in [5.74, 6) is -2.51. The van der Waals surface area contributed by atoms with E-state index >= 15 is 0 Å². The molecule has 2 heterocycles. The number of allylic oxidation sites excluding steroid dienone is 1. The number of benzene rings is 2. The Kier molecular flexibility index (Phi) is 5.88. The van der Waals surface area contributed by atoms with Gasteiger partial charge in [0.2, 0.25) is 0 Å². The van der Waals surface area contributed by atoms with E-state index in [0.717, 1.165) is 6.07 Å². The van der Waals surface area contributed by atoms with Crippen LogP contribution in [0.2, 0.25) is 0 Å². The van der Waals surface area contributed by atoms with Crippen LogP contribution in [-0.2, 0) is 0 Å². The Balaban J connectivity index is 1.84. The zero-order valence-corrected chi connectivity index (χ0v) is 16.9. The second kappa shape index (κ2) is 8.60. The van der Waals surface area contributed by atoms with Crippen molar-refractivity contribution < 1.29 is 23.0 Å². The van der Waals surface area contributed by atoms with E-state index in [-0.39, 0.29) is 30.0 Å². The van der Waals surface area contributed by atoms with Gasteiger partial charge in [-0.3, -0.25) is 4.99 Å². The number of methoxy groups -OCH3 is 1. The summed E-state index contributed by atoms with van der Waals surface area (Å²) < 4.78 is 48.5. The largest absolute Gasteiger partial charge is 0.496 e. The van der Waals surface area contributed by atoms with Gasteiger partial charge in [-0.25, -0.2) is 13.2 Å². The maximum absolute atomic E-state index is 14.9. The highest BCUT2D eigenvalue weighted by atomic mass is 19.2. The first-order valence-electron chi connectivity index (χ1n) is 9.87. The van der Waals surface area contributed by atoms with Crippen LogP contribution in [0.25, 0.3) is 0 Å². The van der Waals surface area contributed by atoms with Crippen LogP contribution in [0.1, 0.15) is 18.2 Å². The predicted molar refractivity (Wildman–Crippen MR) is 113 cm³/mol. The number of hydrogen-bond donors (Lipinski definition) is 2. The van der Waals surface area contributed by atoms with Gasteiger partial charge in [-0.15, -0.1) is 0 Å². The lowest BCUT2D eigenvalue weighted by molar-refractivity contribution is 0.265. The fourth-order valence-corrected chi connectivity index (χ4v) is 4.18. The maximum atomic E-state index is 14.9. The molecule has 0 bridgehead atoms. The van der Waals surface area contributed by atoms with Crippen molar-refractivity contribution in [3.8, 4) is 5.75 Å². The zero-order chi connectivity index (χ0) is 22.1. The molecule has 2 aromatic carbocycles. The van der Waals surface area contributed by atoms with Crippen LogP contribution in [0.5, 0.6) is 5.75 Å². The van der Waals surface area contributed by atoms with Crippen molar-refractivity contribution in [2.24, 2.45) is 10.7 Å². The van der Waals surface area contributed by atoms with Gasteiger partial charge in [0.05, 0.1) is 36.7 Å². The molecule has 0 saturated carbocycles. The summed E-state index contributed by atoms with van der Waals surface area (Å²) in [4.78, 5) is 7.79. The molecule has 9 heteroatoms. The minimum absolute atomic E-state index is 0.102. The number of hydrogen-bond acceptors (Lipinski definition) is 6. The number of aliphatic imine (C=N–C) groups is 1. The van der Waals surface area contributed by atoms with Crippen LogP contribution in [0.15, 0.2) is 47.6 Å². The Morgan fingerprint density at radius 3 is 2.74 bits per heavy atom. The topological polar surface area (TPSA) is 74.3 Å². The van der Waals surface area contributed by atoms with E-state index < -0.39 is 23.6 Å². The van der Waals surface area contributed by atoms with E-state index in [4.69, 9.17) is 10.5 Å². The number of nitrogens with zero attached hydrogens (tertiary/aromatic N) is 3. The van der Waals surface area contributed by atoms with Crippen LogP contribution in [0.4, 0.5) is 24.5 Å². The Labute approximate surface area is 178 Å². The van der Waals surface area contributed by atoms with Crippen LogP contribution in [-0.4, -0.2) is 43.7 Å². The van der Waals surface area contributed by atoms with E-state index in [2.05, 4.69) is 4.99 Å². The summed E-state index contributed by atoms with van der Waals surface area (Å²) in [6.07, 6.45) is 4.25. The first kappa shape index (κ1) is 21.2. The molecule has 3 N–H and O–H groups in total. The molecule has 3 atom stereocenters. The fraction of sp³-hybridized carbons (Fsp3) is 0.318. The van der Waals surface area contributed by atoms with Crippen molar-refractivity contribution in [1.29, 1.82) is 0 Å². The Morgan fingerprint density at radius 2 is 2.00 bits per heavy atom. The predicted octanol–water partition coefficient (Wildman–Crippen LogP) is 3.11. The maximum Gasteiger partial charge on any atom is 0.169 e. The molecule has 31 heavy (non-hydrogen) atoms. The van der Waals surface area contributed by atoms with Crippen LogP contribution < -0.4 is 20.3 Å². The number of anilines is 2. The zero-order valence-electron chi connectivity index (χ0n) is 16.9. The monoisotopic (exact) mass is 432 g/mol. The lowest BCUT2D eigenvalue weighted by Gasteiger charge is -2.35. The average Bonchev–Trinajstić information content (AvgIpc) is 3.16. The molecule has 0 aliphatic carbocycles. The quantitative estimate of drug-likeness (QED) is 0.760. The second-order valence-corrected chi connectivity index (χ2v) is 7.52. The summed E-state index contributed by atoms with van der Waals surface area (Å²) in [7, 11) is 1.36. The van der Waals surface area contributed by atoms with Crippen molar-refractivity contribution in [2.45, 2.75) is 24.7 Å². The summed E-state index contributed by atoms with van der Waals surface area (Å²) in [5, 5.41) is 9.81. The van der Waals surface area contributed by atoms with Crippen molar-refractivity contribution in [3.05, 3.63) is 65.6 Å². The molecule has 164 valence electrons. The average molecular weight is 432 g/mol. The SMILES string of the molecule is COc1ccc(F)c(F)c1C1N=CC=CN1c1cc(F)ccc1N1C[C@@H](N)C[C@H]1CO. The van der Waals surface area contributed by atoms with Crippen LogP contribution >= 0.6 is 0 Å². The molecule has 6 nitrogen and oxygen atoms in total. The number of rotatable bonds is 5. The first-order chi connectivity index (χ1) is 14.9. The Bertz CT molecular complexity index is 1030. The third-order valence-electron chi connectivity index (χ3n) is 5.58. The summed E-state index contributed by atoms with van der Waals surface area (Å²) in [6.45, 7) is 0.348. The molecule has 1 saturated heterocycles. The highest BCUT2D eigenvalue weighted by molar-refractivity contribution is 5.80. The van der Waals surface area contributed by atoms with Crippen molar-refractivity contribution in [3.63, 3.8) is 0 Å². The molecular formula is C22H23F3N4O2. The molecule has 2 aliphatic rings. The summed E-state index contributed by atoms with van der Waals surface area (Å²) >= 11 is 0. The normalized spacial score (nSPS) is 23.0. The van der Waals surface area contributed by atoms with Gasteiger partial charge < -0.3 is 25.4 Å². The standard InChI is InChI=1S/C22H23F3N4O2/c1-31-19-6-4-16(24)21(25)20(19)22-27-7-2-8-28(22)18-9-13(23)3-5-17(18)29-11-14(26)10-15(29)12-30/h2-9,14-15,22,30H,10-12,26H2,1H3/t14-,15-,22?/m0/s1. The van der Waals surface area contributed by atoms with E-state index in [1.54, 1.807) is 23.2 Å². The van der Waals surface area contributed by atoms with Gasteiger partial charge >= 0.3 is 0 Å².